The van der Waals surface area contributed by atoms with Crippen molar-refractivity contribution in [1.29, 1.82) is 0 Å². The molecule has 1 aromatic carbocycles. The van der Waals surface area contributed by atoms with Crippen molar-refractivity contribution < 1.29 is 13.2 Å². The van der Waals surface area contributed by atoms with Gasteiger partial charge >= 0.3 is 0 Å². The first-order chi connectivity index (χ1) is 10.1. The van der Waals surface area contributed by atoms with Crippen LogP contribution >= 0.6 is 11.3 Å². The van der Waals surface area contributed by atoms with Crippen LogP contribution in [0.5, 0.6) is 0 Å². The number of aromatic nitrogens is 1. The van der Waals surface area contributed by atoms with E-state index in [4.69, 9.17) is 4.74 Å². The van der Waals surface area contributed by atoms with Crippen LogP contribution in [0.2, 0.25) is 0 Å². The Balaban J connectivity index is 1.81. The number of ether oxygens (including phenoxy) is 1. The van der Waals surface area contributed by atoms with Crippen molar-refractivity contribution in [2.75, 3.05) is 19.1 Å². The first-order valence-electron chi connectivity index (χ1n) is 6.62. The van der Waals surface area contributed by atoms with E-state index in [0.29, 0.717) is 19.7 Å². The van der Waals surface area contributed by atoms with Crippen molar-refractivity contribution in [3.63, 3.8) is 0 Å². The van der Waals surface area contributed by atoms with Crippen LogP contribution in [0, 0.1) is 6.92 Å². The van der Waals surface area contributed by atoms with Crippen molar-refractivity contribution >= 4 is 21.4 Å². The summed E-state index contributed by atoms with van der Waals surface area (Å²) in [5.41, 5.74) is 2.26. The van der Waals surface area contributed by atoms with Crippen molar-refractivity contribution in [1.82, 2.24) is 9.29 Å². The molecule has 0 N–H and O–H groups in total. The van der Waals surface area contributed by atoms with Crippen LogP contribution in [0.3, 0.4) is 0 Å². The lowest BCUT2D eigenvalue weighted by Crippen LogP contribution is -2.40. The Morgan fingerprint density at radius 1 is 1.38 bits per heavy atom. The number of nitrogens with zero attached hydrogens (tertiary/aromatic N) is 2. The number of sulfonamides is 1. The molecule has 0 amide bonds. The van der Waals surface area contributed by atoms with Gasteiger partial charge in [-0.2, -0.15) is 4.31 Å². The molecule has 0 radical (unpaired) electrons. The fourth-order valence-electron chi connectivity index (χ4n) is 2.21. The fraction of sp³-hybridized carbons (Fsp3) is 0.357. The molecule has 1 aromatic heterocycles. The molecule has 0 unspecified atom stereocenters. The van der Waals surface area contributed by atoms with Gasteiger partial charge in [0.1, 0.15) is 5.01 Å². The number of rotatable bonds is 3. The number of thiazole rings is 1. The summed E-state index contributed by atoms with van der Waals surface area (Å²) in [5.74, 6) is -0.226. The van der Waals surface area contributed by atoms with Gasteiger partial charge in [0.2, 0.25) is 10.0 Å². The molecule has 0 saturated carbocycles. The summed E-state index contributed by atoms with van der Waals surface area (Å²) in [6.07, 6.45) is 1.76. The molecule has 3 rings (SSSR count). The zero-order valence-electron chi connectivity index (χ0n) is 11.7. The first-order valence-corrected chi connectivity index (χ1v) is 9.05. The summed E-state index contributed by atoms with van der Waals surface area (Å²) < 4.78 is 30.3. The summed E-state index contributed by atoms with van der Waals surface area (Å²) >= 11 is 1.54. The van der Waals surface area contributed by atoms with Crippen molar-refractivity contribution in [2.24, 2.45) is 0 Å². The minimum atomic E-state index is -3.30. The van der Waals surface area contributed by atoms with Crippen molar-refractivity contribution in [3.05, 3.63) is 40.9 Å². The highest BCUT2D eigenvalue weighted by Gasteiger charge is 2.27. The Bertz CT molecular complexity index is 740. The van der Waals surface area contributed by atoms with Crippen molar-refractivity contribution in [3.8, 4) is 10.6 Å². The van der Waals surface area contributed by atoms with Gasteiger partial charge in [-0.3, -0.25) is 0 Å². The summed E-state index contributed by atoms with van der Waals surface area (Å²) in [5, 5.41) is 0.925. The monoisotopic (exact) mass is 324 g/mol. The van der Waals surface area contributed by atoms with Crippen LogP contribution in [-0.4, -0.2) is 36.8 Å². The molecular weight excluding hydrogens is 308 g/mol. The molecule has 1 aliphatic rings. The van der Waals surface area contributed by atoms with Crippen LogP contribution in [0.4, 0.5) is 0 Å². The Morgan fingerprint density at radius 2 is 2.19 bits per heavy atom. The van der Waals surface area contributed by atoms with E-state index in [1.54, 1.807) is 6.20 Å². The molecule has 1 saturated heterocycles. The highest BCUT2D eigenvalue weighted by atomic mass is 32.2. The zero-order valence-corrected chi connectivity index (χ0v) is 13.3. The van der Waals surface area contributed by atoms with Crippen LogP contribution in [0.25, 0.3) is 10.6 Å². The topological polar surface area (TPSA) is 59.5 Å². The summed E-state index contributed by atoms with van der Waals surface area (Å²) in [6, 6.07) is 8.05. The Kier molecular flexibility index (Phi) is 4.08. The average molecular weight is 324 g/mol. The van der Waals surface area contributed by atoms with Gasteiger partial charge in [-0.1, -0.05) is 24.3 Å². The number of aryl methyl sites for hydroxylation is 1. The molecule has 0 aliphatic carbocycles. The maximum Gasteiger partial charge on any atom is 0.238 e. The lowest BCUT2D eigenvalue weighted by atomic mass is 10.1. The maximum absolute atomic E-state index is 11.9. The third kappa shape index (κ3) is 3.16. The smallest absolute Gasteiger partial charge is 0.238 e. The zero-order chi connectivity index (χ0) is 14.9. The Morgan fingerprint density at radius 3 is 2.95 bits per heavy atom. The fourth-order valence-corrected chi connectivity index (χ4v) is 4.48. The number of hydrogen-bond donors (Lipinski definition) is 0. The lowest BCUT2D eigenvalue weighted by Gasteiger charge is -2.25. The van der Waals surface area contributed by atoms with E-state index < -0.39 is 10.0 Å². The molecule has 0 atom stereocenters. The van der Waals surface area contributed by atoms with E-state index in [2.05, 4.69) is 4.98 Å². The van der Waals surface area contributed by atoms with E-state index in [1.165, 1.54) is 15.6 Å². The van der Waals surface area contributed by atoms with E-state index in [9.17, 15) is 8.42 Å². The molecule has 1 fully saturated rings. The van der Waals surface area contributed by atoms with Gasteiger partial charge in [-0.25, -0.2) is 13.4 Å². The molecule has 5 nitrogen and oxygen atoms in total. The number of hydrogen-bond acceptors (Lipinski definition) is 5. The summed E-state index contributed by atoms with van der Waals surface area (Å²) in [4.78, 5) is 5.37. The molecule has 21 heavy (non-hydrogen) atoms. The largest absolute Gasteiger partial charge is 0.363 e. The summed E-state index contributed by atoms with van der Waals surface area (Å²) in [7, 11) is -3.30. The van der Waals surface area contributed by atoms with Gasteiger partial charge in [-0.05, 0) is 12.5 Å². The predicted molar refractivity (Wildman–Crippen MR) is 82.4 cm³/mol. The van der Waals surface area contributed by atoms with Gasteiger partial charge in [0, 0.05) is 29.7 Å². The Hall–Kier alpha value is -1.28. The van der Waals surface area contributed by atoms with Gasteiger partial charge in [-0.15, -0.1) is 11.3 Å². The van der Waals surface area contributed by atoms with E-state index in [-0.39, 0.29) is 5.94 Å². The van der Waals surface area contributed by atoms with Gasteiger partial charge < -0.3 is 4.74 Å². The van der Waals surface area contributed by atoms with Crippen LogP contribution in [-0.2, 0) is 21.3 Å². The average Bonchev–Trinajstić information content (AvgIpc) is 2.90. The minimum absolute atomic E-state index is 0.226. The van der Waals surface area contributed by atoms with E-state index in [0.717, 1.165) is 21.0 Å². The molecule has 112 valence electrons. The normalized spacial score (nSPS) is 18.7. The van der Waals surface area contributed by atoms with E-state index in [1.807, 2.05) is 31.2 Å². The van der Waals surface area contributed by atoms with Crippen LogP contribution < -0.4 is 0 Å². The second-order valence-corrected chi connectivity index (χ2v) is 7.95. The molecule has 0 spiro atoms. The Labute approximate surface area is 128 Å². The minimum Gasteiger partial charge on any atom is -0.363 e. The van der Waals surface area contributed by atoms with E-state index >= 15 is 0 Å². The maximum atomic E-state index is 11.9. The first kappa shape index (κ1) is 14.6. The predicted octanol–water partition coefficient (Wildman–Crippen LogP) is 2.24. The van der Waals surface area contributed by atoms with Gasteiger partial charge in [0.25, 0.3) is 0 Å². The molecular formula is C14H16N2O3S2. The molecule has 2 heterocycles. The third-order valence-electron chi connectivity index (χ3n) is 3.37. The van der Waals surface area contributed by atoms with Gasteiger partial charge in [0.05, 0.1) is 6.61 Å². The summed E-state index contributed by atoms with van der Waals surface area (Å²) in [6.45, 7) is 3.26. The molecule has 0 bridgehead atoms. The van der Waals surface area contributed by atoms with Crippen LogP contribution in [0.15, 0.2) is 30.5 Å². The second-order valence-electron chi connectivity index (χ2n) is 4.92. The standard InChI is InChI=1S/C14H16N2O3S2/c1-11-4-2-3-5-13(11)14-15-8-12(20-14)9-16-6-7-19-10-21(16,17)18/h2-5,8H,6-7,9-10H2,1H3. The third-order valence-corrected chi connectivity index (χ3v) is 5.95. The van der Waals surface area contributed by atoms with Gasteiger partial charge in [0.15, 0.2) is 5.94 Å². The lowest BCUT2D eigenvalue weighted by molar-refractivity contribution is 0.131. The molecule has 1 aliphatic heterocycles. The molecule has 2 aromatic rings. The number of benzene rings is 1. The van der Waals surface area contributed by atoms with Crippen molar-refractivity contribution in [2.45, 2.75) is 13.5 Å². The highest BCUT2D eigenvalue weighted by molar-refractivity contribution is 7.88. The molecule has 7 heteroatoms. The highest BCUT2D eigenvalue weighted by Crippen LogP contribution is 2.29. The quantitative estimate of drug-likeness (QED) is 0.869. The second kappa shape index (κ2) is 5.84. The van der Waals surface area contributed by atoms with Crippen LogP contribution in [0.1, 0.15) is 10.4 Å². The SMILES string of the molecule is Cc1ccccc1-c1ncc(CN2CCOCS2(=O)=O)s1.